The number of para-hydroxylation sites is 1. The Labute approximate surface area is 199 Å². The highest BCUT2D eigenvalue weighted by atomic mass is 16.5. The molecular formula is C26H30N5O3+. The van der Waals surface area contributed by atoms with Gasteiger partial charge in [0.1, 0.15) is 47.7 Å². The lowest BCUT2D eigenvalue weighted by molar-refractivity contribution is -0.111. The molecule has 0 radical (unpaired) electrons. The Kier molecular flexibility index (Phi) is 6.06. The number of hydrogen-bond acceptors (Lipinski definition) is 7. The Morgan fingerprint density at radius 2 is 1.97 bits per heavy atom. The van der Waals surface area contributed by atoms with Gasteiger partial charge in [-0.2, -0.15) is 0 Å². The van der Waals surface area contributed by atoms with Gasteiger partial charge in [0, 0.05) is 24.8 Å². The van der Waals surface area contributed by atoms with Crippen molar-refractivity contribution in [3.8, 4) is 11.5 Å². The van der Waals surface area contributed by atoms with E-state index in [1.54, 1.807) is 0 Å². The lowest BCUT2D eigenvalue weighted by Gasteiger charge is -2.33. The number of anilines is 2. The molecule has 2 fully saturated rings. The molecule has 0 spiro atoms. The number of hydrogen-bond donors (Lipinski definition) is 2. The van der Waals surface area contributed by atoms with Crippen LogP contribution in [-0.2, 0) is 4.74 Å². The van der Waals surface area contributed by atoms with E-state index in [1.165, 1.54) is 6.33 Å². The summed E-state index contributed by atoms with van der Waals surface area (Å²) in [7, 11) is 0. The van der Waals surface area contributed by atoms with Crippen molar-refractivity contribution in [3.63, 3.8) is 0 Å². The molecule has 3 aromatic rings. The molecule has 2 aliphatic rings. The van der Waals surface area contributed by atoms with Gasteiger partial charge in [-0.3, -0.25) is 5.41 Å². The van der Waals surface area contributed by atoms with E-state index < -0.39 is 0 Å². The standard InChI is InChI=1S/C26H29N5O3/c1-26(9-10-26)34-19-7-8-22(27)21(13-19)25(28)23-14-24(30-17-29-23)31-11-12-32-20(15-31)16-33-18-5-3-2-4-6-18/h2-8,13-14,17,20,28H,9-12,15-16,27H2,1H3/p+1. The molecule has 34 heavy (non-hydrogen) atoms. The zero-order chi connectivity index (χ0) is 23.5. The van der Waals surface area contributed by atoms with Gasteiger partial charge in [-0.05, 0) is 50.1 Å². The lowest BCUT2D eigenvalue weighted by atomic mass is 10.0. The van der Waals surface area contributed by atoms with Crippen LogP contribution in [0.5, 0.6) is 11.5 Å². The van der Waals surface area contributed by atoms with Gasteiger partial charge in [-0.25, -0.2) is 9.97 Å². The first-order chi connectivity index (χ1) is 16.5. The molecule has 0 bridgehead atoms. The maximum absolute atomic E-state index is 6.53. The number of benzene rings is 2. The Hall–Kier alpha value is -3.65. The molecule has 1 aliphatic heterocycles. The van der Waals surface area contributed by atoms with E-state index >= 15 is 0 Å². The number of nitrogens with zero attached hydrogens (tertiary/aromatic N) is 3. The average molecular weight is 461 g/mol. The van der Waals surface area contributed by atoms with Crippen LogP contribution in [-0.4, -0.2) is 53.7 Å². The first kappa shape index (κ1) is 22.2. The molecule has 5 rings (SSSR count). The molecule has 8 nitrogen and oxygen atoms in total. The molecule has 0 amide bonds. The summed E-state index contributed by atoms with van der Waals surface area (Å²) in [5.74, 6) is 2.38. The quantitative estimate of drug-likeness (QED) is 0.390. The van der Waals surface area contributed by atoms with Crippen molar-refractivity contribution in [1.82, 2.24) is 9.97 Å². The van der Waals surface area contributed by atoms with Crippen LogP contribution in [0.25, 0.3) is 0 Å². The Morgan fingerprint density at radius 3 is 2.76 bits per heavy atom. The maximum atomic E-state index is 6.53. The van der Waals surface area contributed by atoms with E-state index in [2.05, 4.69) is 21.8 Å². The maximum Gasteiger partial charge on any atom is 0.232 e. The van der Waals surface area contributed by atoms with Crippen LogP contribution < -0.4 is 25.5 Å². The minimum atomic E-state index is -0.0820. The van der Waals surface area contributed by atoms with Gasteiger partial charge < -0.3 is 24.8 Å². The molecule has 1 aliphatic carbocycles. The lowest BCUT2D eigenvalue weighted by Crippen LogP contribution is -2.46. The molecule has 8 heteroatoms. The molecule has 1 saturated heterocycles. The minimum Gasteiger partial charge on any atom is -0.491 e. The predicted octanol–water partition coefficient (Wildman–Crippen LogP) is 1.87. The summed E-state index contributed by atoms with van der Waals surface area (Å²) >= 11 is 0. The fourth-order valence-electron chi connectivity index (χ4n) is 3.93. The van der Waals surface area contributed by atoms with E-state index in [0.717, 1.165) is 36.7 Å². The van der Waals surface area contributed by atoms with Crippen LogP contribution in [0.2, 0.25) is 0 Å². The van der Waals surface area contributed by atoms with E-state index in [-0.39, 0.29) is 11.7 Å². The van der Waals surface area contributed by atoms with Crippen LogP contribution in [0.3, 0.4) is 0 Å². The summed E-state index contributed by atoms with van der Waals surface area (Å²) in [6.07, 6.45) is 3.57. The average Bonchev–Trinajstić information content (AvgIpc) is 3.61. The van der Waals surface area contributed by atoms with Crippen LogP contribution in [0.15, 0.2) is 60.9 Å². The monoisotopic (exact) mass is 460 g/mol. The van der Waals surface area contributed by atoms with Crippen molar-refractivity contribution in [2.45, 2.75) is 31.5 Å². The highest BCUT2D eigenvalue weighted by molar-refractivity contribution is 6.11. The minimum absolute atomic E-state index is 0.0676. The van der Waals surface area contributed by atoms with Crippen molar-refractivity contribution in [1.29, 1.82) is 0 Å². The second-order valence-corrected chi connectivity index (χ2v) is 9.04. The van der Waals surface area contributed by atoms with Crippen LogP contribution in [0.1, 0.15) is 31.0 Å². The Balaban J connectivity index is 1.28. The van der Waals surface area contributed by atoms with Crippen molar-refractivity contribution >= 4 is 17.2 Å². The molecule has 1 saturated carbocycles. The van der Waals surface area contributed by atoms with E-state index in [0.29, 0.717) is 42.4 Å². The fraction of sp³-hybridized carbons (Fsp3) is 0.346. The molecule has 1 atom stereocenters. The summed E-state index contributed by atoms with van der Waals surface area (Å²) in [4.78, 5) is 11.1. The second-order valence-electron chi connectivity index (χ2n) is 9.04. The van der Waals surface area contributed by atoms with Crippen molar-refractivity contribution in [3.05, 3.63) is 72.2 Å². The van der Waals surface area contributed by atoms with Gasteiger partial charge in [0.05, 0.1) is 12.2 Å². The molecule has 1 unspecified atom stereocenters. The summed E-state index contributed by atoms with van der Waals surface area (Å²) < 4.78 is 17.9. The SMILES string of the molecule is CC1(Oc2ccc(N)c(C(=[NH2+])c3cc(N4CCOC(COc5ccccc5)C4)ncn3)c2)CC1. The first-order valence-electron chi connectivity index (χ1n) is 11.6. The van der Waals surface area contributed by atoms with Crippen molar-refractivity contribution in [2.24, 2.45) is 0 Å². The highest BCUT2D eigenvalue weighted by Gasteiger charge is 2.40. The summed E-state index contributed by atoms with van der Waals surface area (Å²) in [6.45, 7) is 4.55. The topological polar surface area (TPSA) is 108 Å². The zero-order valence-corrected chi connectivity index (χ0v) is 19.3. The molecule has 4 N–H and O–H groups in total. The summed E-state index contributed by atoms with van der Waals surface area (Å²) in [6, 6.07) is 17.2. The molecule has 1 aromatic heterocycles. The third kappa shape index (κ3) is 5.12. The Bertz CT molecular complexity index is 1170. The fourth-order valence-corrected chi connectivity index (χ4v) is 3.93. The first-order valence-corrected chi connectivity index (χ1v) is 11.6. The molecule has 176 valence electrons. The van der Waals surface area contributed by atoms with Gasteiger partial charge in [0.2, 0.25) is 5.71 Å². The van der Waals surface area contributed by atoms with Crippen LogP contribution >= 0.6 is 0 Å². The van der Waals surface area contributed by atoms with E-state index in [4.69, 9.17) is 25.4 Å². The van der Waals surface area contributed by atoms with Gasteiger partial charge in [0.25, 0.3) is 0 Å². The third-order valence-electron chi connectivity index (χ3n) is 6.20. The summed E-state index contributed by atoms with van der Waals surface area (Å²) in [5, 5.41) is 6.53. The van der Waals surface area contributed by atoms with Gasteiger partial charge >= 0.3 is 0 Å². The number of nitrogens with two attached hydrogens (primary N) is 2. The molecule has 2 aromatic carbocycles. The third-order valence-corrected chi connectivity index (χ3v) is 6.20. The van der Waals surface area contributed by atoms with Crippen molar-refractivity contribution < 1.29 is 19.6 Å². The number of ether oxygens (including phenoxy) is 3. The number of nitrogen functional groups attached to an aromatic ring is 1. The van der Waals surface area contributed by atoms with Crippen LogP contribution in [0.4, 0.5) is 11.5 Å². The number of rotatable bonds is 8. The van der Waals surface area contributed by atoms with E-state index in [9.17, 15) is 0 Å². The smallest absolute Gasteiger partial charge is 0.232 e. The highest BCUT2D eigenvalue weighted by Crippen LogP contribution is 2.40. The normalized spacial score (nSPS) is 18.9. The summed E-state index contributed by atoms with van der Waals surface area (Å²) in [5.41, 5.74) is 8.57. The number of morpholine rings is 1. The largest absolute Gasteiger partial charge is 0.491 e. The molecular weight excluding hydrogens is 430 g/mol. The molecule has 2 heterocycles. The number of aromatic nitrogens is 2. The second kappa shape index (κ2) is 9.30. The van der Waals surface area contributed by atoms with E-state index in [1.807, 2.05) is 54.6 Å². The zero-order valence-electron chi connectivity index (χ0n) is 19.3. The van der Waals surface area contributed by atoms with Gasteiger partial charge in [0.15, 0.2) is 0 Å². The van der Waals surface area contributed by atoms with Gasteiger partial charge in [-0.15, -0.1) is 0 Å². The van der Waals surface area contributed by atoms with Crippen molar-refractivity contribution in [2.75, 3.05) is 36.9 Å². The predicted molar refractivity (Wildman–Crippen MR) is 130 cm³/mol. The van der Waals surface area contributed by atoms with Crippen LogP contribution in [0, 0.1) is 0 Å². The Morgan fingerprint density at radius 1 is 1.15 bits per heavy atom. The van der Waals surface area contributed by atoms with Gasteiger partial charge in [-0.1, -0.05) is 18.2 Å².